The summed E-state index contributed by atoms with van der Waals surface area (Å²) >= 11 is 0. The maximum atomic E-state index is 12.8. The van der Waals surface area contributed by atoms with Crippen molar-refractivity contribution >= 4 is 11.6 Å². The molecule has 2 heterocycles. The number of rotatable bonds is 8. The Morgan fingerprint density at radius 3 is 2.11 bits per heavy atom. The van der Waals surface area contributed by atoms with Gasteiger partial charge >= 0.3 is 0 Å². The van der Waals surface area contributed by atoms with E-state index in [0.29, 0.717) is 45.9 Å². The maximum absolute atomic E-state index is 12.8. The van der Waals surface area contributed by atoms with E-state index in [1.54, 1.807) is 47.1 Å². The lowest BCUT2D eigenvalue weighted by atomic mass is 10.1. The van der Waals surface area contributed by atoms with Gasteiger partial charge in [-0.1, -0.05) is 0 Å². The SMILES string of the molecule is COc1cc(C(=O)Nc2ccc(Oc3cc(-n4nc(C)c(C)c4C)ncn3)cc2)cc(OC)c1OC. The molecule has 0 saturated heterocycles. The number of benzene rings is 2. The first kappa shape index (κ1) is 24.5. The van der Waals surface area contributed by atoms with E-state index in [9.17, 15) is 4.79 Å². The van der Waals surface area contributed by atoms with Gasteiger partial charge in [0.25, 0.3) is 5.91 Å². The van der Waals surface area contributed by atoms with Crippen LogP contribution in [0.25, 0.3) is 5.82 Å². The number of nitrogens with one attached hydrogen (secondary N) is 1. The van der Waals surface area contributed by atoms with Crippen LogP contribution < -0.4 is 24.3 Å². The van der Waals surface area contributed by atoms with Gasteiger partial charge in [0, 0.05) is 23.0 Å². The molecule has 4 rings (SSSR count). The minimum Gasteiger partial charge on any atom is -0.493 e. The number of hydrogen-bond donors (Lipinski definition) is 1. The van der Waals surface area contributed by atoms with Gasteiger partial charge < -0.3 is 24.3 Å². The van der Waals surface area contributed by atoms with Gasteiger partial charge in [0.2, 0.25) is 11.6 Å². The van der Waals surface area contributed by atoms with E-state index in [4.69, 9.17) is 18.9 Å². The Morgan fingerprint density at radius 1 is 0.889 bits per heavy atom. The molecule has 2 aromatic carbocycles. The first-order valence-electron chi connectivity index (χ1n) is 11.1. The number of aryl methyl sites for hydroxylation is 1. The lowest BCUT2D eigenvalue weighted by Crippen LogP contribution is -2.12. The molecule has 0 spiro atoms. The van der Waals surface area contributed by atoms with Crippen LogP contribution in [0.1, 0.15) is 27.3 Å². The van der Waals surface area contributed by atoms with E-state index in [1.165, 1.54) is 27.7 Å². The van der Waals surface area contributed by atoms with Crippen LogP contribution in [0.15, 0.2) is 48.8 Å². The third-order valence-corrected chi connectivity index (χ3v) is 5.76. The van der Waals surface area contributed by atoms with Crippen LogP contribution in [0.2, 0.25) is 0 Å². The standard InChI is InChI=1S/C26H27N5O5/c1-15-16(2)30-31(17(15)3)23-13-24(28-14-27-23)36-20-9-7-19(8-10-20)29-26(32)18-11-21(33-4)25(35-6)22(12-18)34-5/h7-14H,1-6H3,(H,29,32). The number of anilines is 1. The lowest BCUT2D eigenvalue weighted by molar-refractivity contribution is 0.102. The van der Waals surface area contributed by atoms with Gasteiger partial charge in [0.05, 0.1) is 27.0 Å². The predicted molar refractivity (Wildman–Crippen MR) is 134 cm³/mol. The number of amides is 1. The number of aromatic nitrogens is 4. The van der Waals surface area contributed by atoms with Crippen LogP contribution in [0, 0.1) is 20.8 Å². The minimum atomic E-state index is -0.330. The van der Waals surface area contributed by atoms with Gasteiger partial charge in [-0.2, -0.15) is 5.10 Å². The molecular formula is C26H27N5O5. The molecule has 0 bridgehead atoms. The highest BCUT2D eigenvalue weighted by Gasteiger charge is 2.17. The van der Waals surface area contributed by atoms with Gasteiger partial charge in [0.1, 0.15) is 12.1 Å². The second-order valence-electron chi connectivity index (χ2n) is 7.92. The summed E-state index contributed by atoms with van der Waals surface area (Å²) in [6.07, 6.45) is 1.43. The Balaban J connectivity index is 1.48. The van der Waals surface area contributed by atoms with Crippen molar-refractivity contribution in [3.8, 4) is 34.7 Å². The molecule has 0 aliphatic carbocycles. The van der Waals surface area contributed by atoms with E-state index < -0.39 is 0 Å². The molecule has 0 atom stereocenters. The summed E-state index contributed by atoms with van der Waals surface area (Å²) in [5.41, 5.74) is 4.00. The molecule has 186 valence electrons. The van der Waals surface area contributed by atoms with Crippen LogP contribution in [-0.4, -0.2) is 47.0 Å². The second-order valence-corrected chi connectivity index (χ2v) is 7.92. The van der Waals surface area contributed by atoms with Crippen molar-refractivity contribution in [1.82, 2.24) is 19.7 Å². The molecule has 10 nitrogen and oxygen atoms in total. The minimum absolute atomic E-state index is 0.330. The first-order valence-corrected chi connectivity index (χ1v) is 11.1. The van der Waals surface area contributed by atoms with Gasteiger partial charge in [-0.05, 0) is 62.7 Å². The molecule has 0 radical (unpaired) electrons. The Morgan fingerprint density at radius 2 is 1.56 bits per heavy atom. The third kappa shape index (κ3) is 4.92. The second kappa shape index (κ2) is 10.3. The highest BCUT2D eigenvalue weighted by molar-refractivity contribution is 6.05. The number of nitrogens with zero attached hydrogens (tertiary/aromatic N) is 4. The van der Waals surface area contributed by atoms with Crippen LogP contribution in [0.5, 0.6) is 28.9 Å². The molecule has 36 heavy (non-hydrogen) atoms. The summed E-state index contributed by atoms with van der Waals surface area (Å²) in [4.78, 5) is 21.3. The summed E-state index contributed by atoms with van der Waals surface area (Å²) in [7, 11) is 4.50. The molecule has 1 amide bonds. The van der Waals surface area contributed by atoms with Crippen molar-refractivity contribution < 1.29 is 23.7 Å². The number of carbonyl (C=O) groups is 1. The van der Waals surface area contributed by atoms with E-state index in [1.807, 2.05) is 20.8 Å². The fourth-order valence-electron chi connectivity index (χ4n) is 3.59. The monoisotopic (exact) mass is 489 g/mol. The normalized spacial score (nSPS) is 10.6. The van der Waals surface area contributed by atoms with Crippen LogP contribution >= 0.6 is 0 Å². The average molecular weight is 490 g/mol. The molecular weight excluding hydrogens is 462 g/mol. The van der Waals surface area contributed by atoms with E-state index >= 15 is 0 Å². The Kier molecular flexibility index (Phi) is 7.05. The van der Waals surface area contributed by atoms with Gasteiger partial charge in [0.15, 0.2) is 17.3 Å². The quantitative estimate of drug-likeness (QED) is 0.381. The zero-order valence-electron chi connectivity index (χ0n) is 20.9. The molecule has 0 aliphatic heterocycles. The van der Waals surface area contributed by atoms with Crippen molar-refractivity contribution in [2.24, 2.45) is 0 Å². The largest absolute Gasteiger partial charge is 0.493 e. The Labute approximate surface area is 208 Å². The Bertz CT molecular complexity index is 1370. The molecule has 0 saturated carbocycles. The van der Waals surface area contributed by atoms with Crippen molar-refractivity contribution in [2.45, 2.75) is 20.8 Å². The van der Waals surface area contributed by atoms with Gasteiger partial charge in [-0.25, -0.2) is 14.6 Å². The highest BCUT2D eigenvalue weighted by atomic mass is 16.5. The molecule has 1 N–H and O–H groups in total. The number of methoxy groups -OCH3 is 3. The first-order chi connectivity index (χ1) is 17.3. The van der Waals surface area contributed by atoms with Crippen molar-refractivity contribution in [3.05, 3.63) is 71.3 Å². The van der Waals surface area contributed by atoms with Gasteiger partial charge in [-0.15, -0.1) is 0 Å². The third-order valence-electron chi connectivity index (χ3n) is 5.76. The smallest absolute Gasteiger partial charge is 0.255 e. The van der Waals surface area contributed by atoms with E-state index in [0.717, 1.165) is 17.0 Å². The summed E-state index contributed by atoms with van der Waals surface area (Å²) in [6, 6.07) is 11.8. The molecule has 0 aliphatic rings. The fourth-order valence-corrected chi connectivity index (χ4v) is 3.59. The molecule has 4 aromatic rings. The predicted octanol–water partition coefficient (Wildman–Crippen LogP) is 4.66. The molecule has 0 fully saturated rings. The van der Waals surface area contributed by atoms with Crippen LogP contribution in [0.4, 0.5) is 5.69 Å². The summed E-state index contributed by atoms with van der Waals surface area (Å²) in [5, 5.41) is 7.38. The number of ether oxygens (including phenoxy) is 4. The van der Waals surface area contributed by atoms with Crippen LogP contribution in [0.3, 0.4) is 0 Å². The number of hydrogen-bond acceptors (Lipinski definition) is 8. The number of carbonyl (C=O) groups excluding carboxylic acids is 1. The lowest BCUT2D eigenvalue weighted by Gasteiger charge is -2.14. The van der Waals surface area contributed by atoms with Crippen molar-refractivity contribution in [2.75, 3.05) is 26.6 Å². The van der Waals surface area contributed by atoms with Gasteiger partial charge in [-0.3, -0.25) is 4.79 Å². The maximum Gasteiger partial charge on any atom is 0.255 e. The van der Waals surface area contributed by atoms with E-state index in [-0.39, 0.29) is 5.91 Å². The van der Waals surface area contributed by atoms with Crippen LogP contribution in [-0.2, 0) is 0 Å². The van der Waals surface area contributed by atoms with E-state index in [2.05, 4.69) is 20.4 Å². The highest BCUT2D eigenvalue weighted by Crippen LogP contribution is 2.38. The summed E-state index contributed by atoms with van der Waals surface area (Å²) in [6.45, 7) is 5.97. The fraction of sp³-hybridized carbons (Fsp3) is 0.231. The Hall–Kier alpha value is -4.60. The van der Waals surface area contributed by atoms with Crippen molar-refractivity contribution in [3.63, 3.8) is 0 Å². The zero-order valence-corrected chi connectivity index (χ0v) is 20.9. The zero-order chi connectivity index (χ0) is 25.8. The van der Waals surface area contributed by atoms with Crippen molar-refractivity contribution in [1.29, 1.82) is 0 Å². The topological polar surface area (TPSA) is 110 Å². The average Bonchev–Trinajstić information content (AvgIpc) is 3.16. The summed E-state index contributed by atoms with van der Waals surface area (Å²) in [5.74, 6) is 2.41. The molecule has 10 heteroatoms. The molecule has 0 unspecified atom stereocenters. The summed E-state index contributed by atoms with van der Waals surface area (Å²) < 4.78 is 23.6. The molecule has 2 aromatic heterocycles.